The van der Waals surface area contributed by atoms with E-state index in [-0.39, 0.29) is 18.1 Å². The highest BCUT2D eigenvalue weighted by Gasteiger charge is 2.23. The summed E-state index contributed by atoms with van der Waals surface area (Å²) >= 11 is 0. The zero-order chi connectivity index (χ0) is 21.5. The molecule has 1 aliphatic rings. The van der Waals surface area contributed by atoms with Gasteiger partial charge in [-0.2, -0.15) is 0 Å². The maximum absolute atomic E-state index is 12.5. The van der Waals surface area contributed by atoms with E-state index in [1.807, 2.05) is 19.1 Å². The van der Waals surface area contributed by atoms with Crippen molar-refractivity contribution in [3.8, 4) is 17.2 Å². The lowest BCUT2D eigenvalue weighted by atomic mass is 10.1. The SMILES string of the molecule is COc1cc(C(C)NC(=O)NC2CCN(c3ncccn3)CC2)cc(OC)c1OC. The van der Waals surface area contributed by atoms with Crippen LogP contribution in [0.15, 0.2) is 30.6 Å². The van der Waals surface area contributed by atoms with Crippen LogP contribution in [0.25, 0.3) is 0 Å². The van der Waals surface area contributed by atoms with Crippen molar-refractivity contribution in [2.45, 2.75) is 31.8 Å². The number of ether oxygens (including phenoxy) is 3. The number of aromatic nitrogens is 2. The normalized spacial score (nSPS) is 15.3. The van der Waals surface area contributed by atoms with E-state index in [0.29, 0.717) is 17.2 Å². The molecule has 1 unspecified atom stereocenters. The number of methoxy groups -OCH3 is 3. The predicted molar refractivity (Wildman–Crippen MR) is 113 cm³/mol. The zero-order valence-corrected chi connectivity index (χ0v) is 17.8. The van der Waals surface area contributed by atoms with E-state index in [1.54, 1.807) is 39.8 Å². The first kappa shape index (κ1) is 21.5. The summed E-state index contributed by atoms with van der Waals surface area (Å²) in [6, 6.07) is 5.14. The predicted octanol–water partition coefficient (Wildman–Crippen LogP) is 2.53. The minimum absolute atomic E-state index is 0.108. The molecule has 0 saturated carbocycles. The van der Waals surface area contributed by atoms with Crippen LogP contribution in [-0.2, 0) is 0 Å². The maximum Gasteiger partial charge on any atom is 0.315 e. The number of carbonyl (C=O) groups excluding carboxylic acids is 1. The van der Waals surface area contributed by atoms with Gasteiger partial charge in [0, 0.05) is 31.5 Å². The summed E-state index contributed by atoms with van der Waals surface area (Å²) in [5, 5.41) is 6.05. The second kappa shape index (κ2) is 10.00. The molecule has 3 rings (SSSR count). The average Bonchev–Trinajstić information content (AvgIpc) is 2.78. The fourth-order valence-corrected chi connectivity index (χ4v) is 3.54. The van der Waals surface area contributed by atoms with Crippen molar-refractivity contribution in [2.75, 3.05) is 39.3 Å². The van der Waals surface area contributed by atoms with Gasteiger partial charge in [-0.05, 0) is 43.5 Å². The van der Waals surface area contributed by atoms with Gasteiger partial charge in [-0.1, -0.05) is 0 Å². The van der Waals surface area contributed by atoms with Crippen LogP contribution >= 0.6 is 0 Å². The first-order valence-corrected chi connectivity index (χ1v) is 9.94. The molecule has 1 aliphatic heterocycles. The van der Waals surface area contributed by atoms with Crippen molar-refractivity contribution in [3.63, 3.8) is 0 Å². The second-order valence-electron chi connectivity index (χ2n) is 7.11. The number of urea groups is 1. The van der Waals surface area contributed by atoms with Gasteiger partial charge in [0.2, 0.25) is 11.7 Å². The Morgan fingerprint density at radius 3 is 2.20 bits per heavy atom. The van der Waals surface area contributed by atoms with E-state index >= 15 is 0 Å². The molecule has 1 atom stereocenters. The monoisotopic (exact) mass is 415 g/mol. The lowest BCUT2D eigenvalue weighted by Crippen LogP contribution is -2.48. The van der Waals surface area contributed by atoms with E-state index in [9.17, 15) is 4.79 Å². The highest BCUT2D eigenvalue weighted by Crippen LogP contribution is 2.39. The van der Waals surface area contributed by atoms with Gasteiger partial charge in [0.15, 0.2) is 11.5 Å². The standard InChI is InChI=1S/C21H29N5O4/c1-14(15-12-17(28-2)19(30-4)18(13-15)29-3)24-21(27)25-16-6-10-26(11-7-16)20-22-8-5-9-23-20/h5,8-9,12-14,16H,6-7,10-11H2,1-4H3,(H2,24,25,27). The fourth-order valence-electron chi connectivity index (χ4n) is 3.54. The number of amides is 2. The van der Waals surface area contributed by atoms with Crippen LogP contribution in [0.5, 0.6) is 17.2 Å². The van der Waals surface area contributed by atoms with Crippen molar-refractivity contribution in [1.82, 2.24) is 20.6 Å². The summed E-state index contributed by atoms with van der Waals surface area (Å²) in [5.74, 6) is 2.36. The molecule has 0 spiro atoms. The molecule has 2 N–H and O–H groups in total. The van der Waals surface area contributed by atoms with E-state index in [0.717, 1.165) is 37.4 Å². The zero-order valence-electron chi connectivity index (χ0n) is 17.8. The lowest BCUT2D eigenvalue weighted by molar-refractivity contribution is 0.231. The first-order valence-electron chi connectivity index (χ1n) is 9.94. The van der Waals surface area contributed by atoms with Crippen LogP contribution in [0.2, 0.25) is 0 Å². The van der Waals surface area contributed by atoms with Gasteiger partial charge in [0.1, 0.15) is 0 Å². The molecule has 1 saturated heterocycles. The quantitative estimate of drug-likeness (QED) is 0.717. The molecule has 2 heterocycles. The van der Waals surface area contributed by atoms with Gasteiger partial charge in [0.05, 0.1) is 27.4 Å². The van der Waals surface area contributed by atoms with Gasteiger partial charge in [-0.3, -0.25) is 0 Å². The number of benzene rings is 1. The third-order valence-electron chi connectivity index (χ3n) is 5.20. The molecule has 0 radical (unpaired) electrons. The molecule has 0 bridgehead atoms. The van der Waals surface area contributed by atoms with Gasteiger partial charge in [0.25, 0.3) is 0 Å². The Kier molecular flexibility index (Phi) is 7.16. The van der Waals surface area contributed by atoms with E-state index < -0.39 is 0 Å². The lowest BCUT2D eigenvalue weighted by Gasteiger charge is -2.32. The third kappa shape index (κ3) is 5.03. The molecule has 30 heavy (non-hydrogen) atoms. The van der Waals surface area contributed by atoms with Crippen LogP contribution in [0.1, 0.15) is 31.4 Å². The van der Waals surface area contributed by atoms with Crippen LogP contribution in [-0.4, -0.2) is 56.5 Å². The molecule has 1 aromatic carbocycles. The highest BCUT2D eigenvalue weighted by molar-refractivity contribution is 5.75. The Labute approximate surface area is 176 Å². The summed E-state index contributed by atoms with van der Waals surface area (Å²) < 4.78 is 16.1. The van der Waals surface area contributed by atoms with E-state index in [2.05, 4.69) is 25.5 Å². The number of nitrogens with zero attached hydrogens (tertiary/aromatic N) is 3. The Balaban J connectivity index is 1.55. The summed E-state index contributed by atoms with van der Waals surface area (Å²) in [7, 11) is 4.70. The van der Waals surface area contributed by atoms with Crippen molar-refractivity contribution < 1.29 is 19.0 Å². The molecular formula is C21H29N5O4. The first-order chi connectivity index (χ1) is 14.5. The van der Waals surface area contributed by atoms with Gasteiger partial charge >= 0.3 is 6.03 Å². The summed E-state index contributed by atoms with van der Waals surface area (Å²) in [4.78, 5) is 23.2. The van der Waals surface area contributed by atoms with Crippen LogP contribution in [0.3, 0.4) is 0 Å². The number of hydrogen-bond donors (Lipinski definition) is 2. The molecule has 0 aliphatic carbocycles. The minimum atomic E-state index is -0.239. The number of carbonyl (C=O) groups is 1. The minimum Gasteiger partial charge on any atom is -0.493 e. The number of rotatable bonds is 7. The molecular weight excluding hydrogens is 386 g/mol. The molecule has 162 valence electrons. The Hall–Kier alpha value is -3.23. The Morgan fingerprint density at radius 2 is 1.67 bits per heavy atom. The molecule has 9 heteroatoms. The fraction of sp³-hybridized carbons (Fsp3) is 0.476. The molecule has 9 nitrogen and oxygen atoms in total. The summed E-state index contributed by atoms with van der Waals surface area (Å²) in [6.45, 7) is 3.52. The van der Waals surface area contributed by atoms with Crippen LogP contribution < -0.4 is 29.7 Å². The molecule has 2 amide bonds. The van der Waals surface area contributed by atoms with E-state index in [1.165, 1.54) is 0 Å². The van der Waals surface area contributed by atoms with Gasteiger partial charge in [-0.25, -0.2) is 14.8 Å². The average molecular weight is 415 g/mol. The number of hydrogen-bond acceptors (Lipinski definition) is 7. The number of piperidine rings is 1. The van der Waals surface area contributed by atoms with Crippen LogP contribution in [0, 0.1) is 0 Å². The van der Waals surface area contributed by atoms with E-state index in [4.69, 9.17) is 14.2 Å². The van der Waals surface area contributed by atoms with Crippen molar-refractivity contribution in [3.05, 3.63) is 36.2 Å². The smallest absolute Gasteiger partial charge is 0.315 e. The summed E-state index contributed by atoms with van der Waals surface area (Å²) in [5.41, 5.74) is 0.857. The third-order valence-corrected chi connectivity index (χ3v) is 5.20. The number of anilines is 1. The summed E-state index contributed by atoms with van der Waals surface area (Å²) in [6.07, 6.45) is 5.16. The molecule has 2 aromatic rings. The molecule has 1 aromatic heterocycles. The van der Waals surface area contributed by atoms with Crippen molar-refractivity contribution in [2.24, 2.45) is 0 Å². The Morgan fingerprint density at radius 1 is 1.07 bits per heavy atom. The van der Waals surface area contributed by atoms with Crippen molar-refractivity contribution >= 4 is 12.0 Å². The largest absolute Gasteiger partial charge is 0.493 e. The highest BCUT2D eigenvalue weighted by atomic mass is 16.5. The topological polar surface area (TPSA) is 97.8 Å². The second-order valence-corrected chi connectivity index (χ2v) is 7.11. The van der Waals surface area contributed by atoms with Crippen molar-refractivity contribution in [1.29, 1.82) is 0 Å². The maximum atomic E-state index is 12.5. The van der Waals surface area contributed by atoms with Gasteiger partial charge < -0.3 is 29.7 Å². The van der Waals surface area contributed by atoms with Gasteiger partial charge in [-0.15, -0.1) is 0 Å². The van der Waals surface area contributed by atoms with Crippen LogP contribution in [0.4, 0.5) is 10.7 Å². The molecule has 1 fully saturated rings. The number of nitrogens with one attached hydrogen (secondary N) is 2. The Bertz CT molecular complexity index is 816.